The Morgan fingerprint density at radius 1 is 0.824 bits per heavy atom. The lowest BCUT2D eigenvalue weighted by Crippen LogP contribution is -2.34. The Labute approximate surface area is 202 Å². The van der Waals surface area contributed by atoms with Crippen molar-refractivity contribution in [2.75, 3.05) is 5.32 Å². The van der Waals surface area contributed by atoms with Gasteiger partial charge >= 0.3 is 0 Å². The zero-order valence-corrected chi connectivity index (χ0v) is 19.2. The Kier molecular flexibility index (Phi) is 5.89. The van der Waals surface area contributed by atoms with Gasteiger partial charge in [0.25, 0.3) is 5.91 Å². The van der Waals surface area contributed by atoms with Crippen LogP contribution in [-0.2, 0) is 0 Å². The molecule has 5 aromatic rings. The van der Waals surface area contributed by atoms with Crippen molar-refractivity contribution in [3.63, 3.8) is 0 Å². The molecule has 0 bridgehead atoms. The SMILES string of the molecule is Cc1ccccc1C(=O)NC(=S)Nc1ccc2oc(-c3ccc(-c4ccccc4)cc3)nc2c1. The fourth-order valence-corrected chi connectivity index (χ4v) is 3.94. The van der Waals surface area contributed by atoms with Crippen LogP contribution in [0.1, 0.15) is 15.9 Å². The number of hydrogen-bond donors (Lipinski definition) is 2. The van der Waals surface area contributed by atoms with E-state index >= 15 is 0 Å². The number of nitrogens with zero attached hydrogens (tertiary/aromatic N) is 1. The van der Waals surface area contributed by atoms with Crippen molar-refractivity contribution < 1.29 is 9.21 Å². The standard InChI is InChI=1S/C28H21N3O2S/c1-18-7-5-6-10-23(18)26(32)31-28(34)29-22-15-16-25-24(17-22)30-27(33-25)21-13-11-20(12-14-21)19-8-3-2-4-9-19/h2-17H,1H3,(H2,29,31,32,34). The van der Waals surface area contributed by atoms with Gasteiger partial charge in [-0.2, -0.15) is 0 Å². The van der Waals surface area contributed by atoms with Crippen LogP contribution in [-0.4, -0.2) is 16.0 Å². The number of aromatic nitrogens is 1. The maximum atomic E-state index is 12.5. The Morgan fingerprint density at radius 2 is 1.50 bits per heavy atom. The van der Waals surface area contributed by atoms with Crippen LogP contribution in [0.4, 0.5) is 5.69 Å². The molecule has 0 atom stereocenters. The third-order valence-corrected chi connectivity index (χ3v) is 5.71. The van der Waals surface area contributed by atoms with Crippen molar-refractivity contribution in [2.45, 2.75) is 6.92 Å². The van der Waals surface area contributed by atoms with Gasteiger partial charge in [-0.25, -0.2) is 4.98 Å². The quantitative estimate of drug-likeness (QED) is 0.294. The predicted molar refractivity (Wildman–Crippen MR) is 140 cm³/mol. The molecule has 5 nitrogen and oxygen atoms in total. The highest BCUT2D eigenvalue weighted by Gasteiger charge is 2.12. The summed E-state index contributed by atoms with van der Waals surface area (Å²) in [5.74, 6) is 0.293. The first-order valence-corrected chi connectivity index (χ1v) is 11.2. The Hall–Kier alpha value is -4.29. The van der Waals surface area contributed by atoms with Gasteiger partial charge in [0.1, 0.15) is 5.52 Å². The molecule has 0 unspecified atom stereocenters. The zero-order chi connectivity index (χ0) is 23.5. The van der Waals surface area contributed by atoms with Gasteiger partial charge in [0.2, 0.25) is 5.89 Å². The minimum absolute atomic E-state index is 0.216. The van der Waals surface area contributed by atoms with Gasteiger partial charge in [-0.05, 0) is 72.2 Å². The molecule has 0 saturated heterocycles. The van der Waals surface area contributed by atoms with Crippen molar-refractivity contribution in [3.8, 4) is 22.6 Å². The van der Waals surface area contributed by atoms with E-state index in [1.54, 1.807) is 6.07 Å². The molecule has 0 aliphatic carbocycles. The molecule has 0 fully saturated rings. The summed E-state index contributed by atoms with van der Waals surface area (Å²) >= 11 is 5.33. The first-order valence-electron chi connectivity index (χ1n) is 10.8. The number of thiocarbonyl (C=S) groups is 1. The average Bonchev–Trinajstić information content (AvgIpc) is 3.28. The van der Waals surface area contributed by atoms with E-state index in [9.17, 15) is 4.79 Å². The van der Waals surface area contributed by atoms with Crippen LogP contribution in [0, 0.1) is 6.92 Å². The monoisotopic (exact) mass is 463 g/mol. The molecule has 1 aromatic heterocycles. The third-order valence-electron chi connectivity index (χ3n) is 5.50. The maximum Gasteiger partial charge on any atom is 0.257 e. The number of amides is 1. The number of carbonyl (C=O) groups excluding carboxylic acids is 1. The zero-order valence-electron chi connectivity index (χ0n) is 18.4. The Bertz CT molecular complexity index is 1490. The van der Waals surface area contributed by atoms with Gasteiger partial charge in [0, 0.05) is 16.8 Å². The molecule has 1 heterocycles. The van der Waals surface area contributed by atoms with Crippen molar-refractivity contribution >= 4 is 40.0 Å². The van der Waals surface area contributed by atoms with Crippen molar-refractivity contribution in [3.05, 3.63) is 108 Å². The highest BCUT2D eigenvalue weighted by Crippen LogP contribution is 2.28. The summed E-state index contributed by atoms with van der Waals surface area (Å²) in [6, 6.07) is 31.2. The third kappa shape index (κ3) is 4.58. The molecule has 5 rings (SSSR count). The van der Waals surface area contributed by atoms with Gasteiger partial charge in [-0.3, -0.25) is 10.1 Å². The number of aryl methyl sites for hydroxylation is 1. The number of benzene rings is 4. The highest BCUT2D eigenvalue weighted by molar-refractivity contribution is 7.80. The molecule has 0 saturated carbocycles. The topological polar surface area (TPSA) is 67.2 Å². The average molecular weight is 464 g/mol. The van der Waals surface area contributed by atoms with Crippen LogP contribution in [0.2, 0.25) is 0 Å². The molecule has 34 heavy (non-hydrogen) atoms. The summed E-state index contributed by atoms with van der Waals surface area (Å²) in [5.41, 5.74) is 6.73. The van der Waals surface area contributed by atoms with Crippen LogP contribution in [0.15, 0.2) is 101 Å². The molecule has 1 amide bonds. The summed E-state index contributed by atoms with van der Waals surface area (Å²) in [7, 11) is 0. The van der Waals surface area contributed by atoms with E-state index in [-0.39, 0.29) is 11.0 Å². The number of nitrogens with one attached hydrogen (secondary N) is 2. The molecule has 0 aliphatic heterocycles. The van der Waals surface area contributed by atoms with Crippen molar-refractivity contribution in [1.29, 1.82) is 0 Å². The second-order valence-electron chi connectivity index (χ2n) is 7.87. The van der Waals surface area contributed by atoms with Crippen molar-refractivity contribution in [1.82, 2.24) is 10.3 Å². The number of carbonyl (C=O) groups is 1. The maximum absolute atomic E-state index is 12.5. The first-order chi connectivity index (χ1) is 16.6. The molecule has 0 aliphatic rings. The summed E-state index contributed by atoms with van der Waals surface area (Å²) < 4.78 is 5.95. The van der Waals surface area contributed by atoms with E-state index in [0.717, 1.165) is 22.3 Å². The first kappa shape index (κ1) is 21.6. The van der Waals surface area contributed by atoms with Gasteiger partial charge in [0.05, 0.1) is 0 Å². The number of hydrogen-bond acceptors (Lipinski definition) is 4. The predicted octanol–water partition coefficient (Wildman–Crippen LogP) is 6.60. The van der Waals surface area contributed by atoms with E-state index in [0.29, 0.717) is 28.2 Å². The van der Waals surface area contributed by atoms with Crippen molar-refractivity contribution in [2.24, 2.45) is 0 Å². The molecule has 2 N–H and O–H groups in total. The number of oxazole rings is 1. The van der Waals surface area contributed by atoms with Crippen LogP contribution in [0.25, 0.3) is 33.7 Å². The molecule has 0 radical (unpaired) electrons. The van der Waals surface area contributed by atoms with Gasteiger partial charge in [-0.1, -0.05) is 60.7 Å². The van der Waals surface area contributed by atoms with E-state index in [4.69, 9.17) is 16.6 Å². The minimum Gasteiger partial charge on any atom is -0.436 e. The normalized spacial score (nSPS) is 10.7. The summed E-state index contributed by atoms with van der Waals surface area (Å²) in [6.07, 6.45) is 0. The van der Waals surface area contributed by atoms with E-state index in [1.165, 1.54) is 0 Å². The minimum atomic E-state index is -0.251. The van der Waals surface area contributed by atoms with Crippen LogP contribution in [0.5, 0.6) is 0 Å². The van der Waals surface area contributed by atoms with Crippen LogP contribution < -0.4 is 10.6 Å². The molecule has 4 aromatic carbocycles. The second-order valence-corrected chi connectivity index (χ2v) is 8.28. The molecule has 166 valence electrons. The number of fused-ring (bicyclic) bond motifs is 1. The lowest BCUT2D eigenvalue weighted by Gasteiger charge is -2.10. The Balaban J connectivity index is 1.30. The van der Waals surface area contributed by atoms with Gasteiger partial charge in [0.15, 0.2) is 10.7 Å². The smallest absolute Gasteiger partial charge is 0.257 e. The van der Waals surface area contributed by atoms with E-state index in [1.807, 2.05) is 73.7 Å². The number of rotatable bonds is 4. The summed E-state index contributed by atoms with van der Waals surface area (Å²) in [6.45, 7) is 1.89. The second kappa shape index (κ2) is 9.29. The molecule has 0 spiro atoms. The molecular formula is C28H21N3O2S. The lowest BCUT2D eigenvalue weighted by atomic mass is 10.0. The highest BCUT2D eigenvalue weighted by atomic mass is 32.1. The fraction of sp³-hybridized carbons (Fsp3) is 0.0357. The van der Waals surface area contributed by atoms with E-state index < -0.39 is 0 Å². The Morgan fingerprint density at radius 3 is 2.26 bits per heavy atom. The molecular weight excluding hydrogens is 442 g/mol. The van der Waals surface area contributed by atoms with Crippen LogP contribution >= 0.6 is 12.2 Å². The van der Waals surface area contributed by atoms with Gasteiger partial charge in [-0.15, -0.1) is 0 Å². The molecule has 6 heteroatoms. The fourth-order valence-electron chi connectivity index (χ4n) is 3.72. The van der Waals surface area contributed by atoms with E-state index in [2.05, 4.69) is 39.9 Å². The number of anilines is 1. The van der Waals surface area contributed by atoms with Gasteiger partial charge < -0.3 is 9.73 Å². The van der Waals surface area contributed by atoms with Crippen LogP contribution in [0.3, 0.4) is 0 Å². The lowest BCUT2D eigenvalue weighted by molar-refractivity contribution is 0.0977. The summed E-state index contributed by atoms with van der Waals surface area (Å²) in [5, 5.41) is 5.98. The summed E-state index contributed by atoms with van der Waals surface area (Å²) in [4.78, 5) is 17.1. The largest absolute Gasteiger partial charge is 0.436 e.